The molecule has 20 heavy (non-hydrogen) atoms. The van der Waals surface area contributed by atoms with Gasteiger partial charge in [0.25, 0.3) is 0 Å². The van der Waals surface area contributed by atoms with Crippen molar-refractivity contribution in [2.45, 2.75) is 18.9 Å². The van der Waals surface area contributed by atoms with Crippen molar-refractivity contribution in [3.8, 4) is 0 Å². The highest BCUT2D eigenvalue weighted by molar-refractivity contribution is 5.76. The minimum Gasteiger partial charge on any atom is -0.369 e. The number of amides is 1. The molecule has 0 aromatic heterocycles. The first-order valence-electron chi connectivity index (χ1n) is 7.13. The zero-order valence-electron chi connectivity index (χ0n) is 11.8. The smallest absolute Gasteiger partial charge is 0.231 e. The molecule has 1 amide bonds. The Morgan fingerprint density at radius 1 is 1.25 bits per heavy atom. The predicted molar refractivity (Wildman–Crippen MR) is 82.1 cm³/mol. The molecule has 1 aromatic rings. The number of primary amides is 1. The van der Waals surface area contributed by atoms with Gasteiger partial charge in [-0.25, -0.2) is 0 Å². The van der Waals surface area contributed by atoms with Crippen LogP contribution in [0.5, 0.6) is 0 Å². The zero-order chi connectivity index (χ0) is 14.4. The molecule has 108 valence electrons. The molecule has 1 aliphatic rings. The normalized spacial score (nSPS) is 16.2. The molecule has 1 saturated heterocycles. The van der Waals surface area contributed by atoms with Gasteiger partial charge < -0.3 is 11.1 Å². The van der Waals surface area contributed by atoms with Gasteiger partial charge in [0, 0.05) is 12.6 Å². The van der Waals surface area contributed by atoms with Gasteiger partial charge in [-0.05, 0) is 37.1 Å². The Kier molecular flexibility index (Phi) is 5.32. The molecule has 4 heteroatoms. The summed E-state index contributed by atoms with van der Waals surface area (Å²) < 4.78 is 0. The number of nitrogens with one attached hydrogen (secondary N) is 1. The average Bonchev–Trinajstić information content (AvgIpc) is 2.48. The summed E-state index contributed by atoms with van der Waals surface area (Å²) >= 11 is 0. The number of hydrogen-bond acceptors (Lipinski definition) is 3. The van der Waals surface area contributed by atoms with E-state index in [-0.39, 0.29) is 5.91 Å². The van der Waals surface area contributed by atoms with Crippen LogP contribution in [-0.2, 0) is 4.79 Å². The minimum absolute atomic E-state index is 0.274. The van der Waals surface area contributed by atoms with Gasteiger partial charge in [0.2, 0.25) is 5.91 Å². The number of carbonyl (C=O) groups is 1. The molecule has 1 fully saturated rings. The fourth-order valence-corrected chi connectivity index (χ4v) is 2.70. The lowest BCUT2D eigenvalue weighted by atomic mass is 10.0. The molecule has 3 N–H and O–H groups in total. The maximum Gasteiger partial charge on any atom is 0.231 e. The van der Waals surface area contributed by atoms with Crippen LogP contribution in [0.2, 0.25) is 0 Å². The number of carbonyl (C=O) groups excluding carboxylic acids is 1. The topological polar surface area (TPSA) is 58.4 Å². The van der Waals surface area contributed by atoms with Crippen molar-refractivity contribution in [2.24, 2.45) is 5.73 Å². The van der Waals surface area contributed by atoms with E-state index in [0.29, 0.717) is 19.1 Å². The third-order valence-electron chi connectivity index (χ3n) is 3.76. The summed E-state index contributed by atoms with van der Waals surface area (Å²) in [6, 6.07) is 10.5. The molecular weight excluding hydrogens is 250 g/mol. The first-order chi connectivity index (χ1) is 9.66. The van der Waals surface area contributed by atoms with Gasteiger partial charge >= 0.3 is 0 Å². The molecule has 0 saturated carbocycles. The van der Waals surface area contributed by atoms with Gasteiger partial charge in [0.05, 0.1) is 6.54 Å². The van der Waals surface area contributed by atoms with Gasteiger partial charge in [-0.15, -0.1) is 0 Å². The summed E-state index contributed by atoms with van der Waals surface area (Å²) in [5.41, 5.74) is 7.54. The van der Waals surface area contributed by atoms with Gasteiger partial charge in [-0.1, -0.05) is 36.9 Å². The highest BCUT2D eigenvalue weighted by atomic mass is 16.1. The zero-order valence-corrected chi connectivity index (χ0v) is 11.8. The number of piperidine rings is 1. The van der Waals surface area contributed by atoms with Crippen LogP contribution in [0.25, 0.3) is 5.57 Å². The Bertz CT molecular complexity index is 452. The van der Waals surface area contributed by atoms with E-state index in [9.17, 15) is 4.79 Å². The lowest BCUT2D eigenvalue weighted by Gasteiger charge is -2.34. The first-order valence-corrected chi connectivity index (χ1v) is 7.13. The van der Waals surface area contributed by atoms with Gasteiger partial charge in [0.15, 0.2) is 0 Å². The number of nitrogens with zero attached hydrogens (tertiary/aromatic N) is 1. The van der Waals surface area contributed by atoms with Crippen molar-refractivity contribution < 1.29 is 4.79 Å². The highest BCUT2D eigenvalue weighted by Crippen LogP contribution is 2.18. The fraction of sp³-hybridized carbons (Fsp3) is 0.438. The summed E-state index contributed by atoms with van der Waals surface area (Å²) in [5.74, 6) is -0.274. The van der Waals surface area contributed by atoms with E-state index in [2.05, 4.69) is 16.8 Å². The lowest BCUT2D eigenvalue weighted by Crippen LogP contribution is -2.47. The SMILES string of the molecule is C=C(CN(CC(N)=O)C1CCNCC1)c1ccccc1. The summed E-state index contributed by atoms with van der Waals surface area (Å²) in [4.78, 5) is 13.5. The second kappa shape index (κ2) is 7.22. The molecule has 0 spiro atoms. The van der Waals surface area contributed by atoms with Crippen LogP contribution in [0.15, 0.2) is 36.9 Å². The van der Waals surface area contributed by atoms with E-state index >= 15 is 0 Å². The molecule has 0 aliphatic carbocycles. The van der Waals surface area contributed by atoms with Crippen LogP contribution < -0.4 is 11.1 Å². The van der Waals surface area contributed by atoms with E-state index in [4.69, 9.17) is 5.73 Å². The summed E-state index contributed by atoms with van der Waals surface area (Å²) in [6.07, 6.45) is 2.10. The quantitative estimate of drug-likeness (QED) is 0.820. The minimum atomic E-state index is -0.274. The van der Waals surface area contributed by atoms with E-state index in [1.54, 1.807) is 0 Å². The van der Waals surface area contributed by atoms with Crippen LogP contribution in [0.3, 0.4) is 0 Å². The summed E-state index contributed by atoms with van der Waals surface area (Å²) in [5, 5.41) is 3.34. The van der Waals surface area contributed by atoms with E-state index < -0.39 is 0 Å². The highest BCUT2D eigenvalue weighted by Gasteiger charge is 2.22. The van der Waals surface area contributed by atoms with Gasteiger partial charge in [0.1, 0.15) is 0 Å². The molecule has 0 unspecified atom stereocenters. The Balaban J connectivity index is 2.03. The monoisotopic (exact) mass is 273 g/mol. The molecule has 4 nitrogen and oxygen atoms in total. The second-order valence-corrected chi connectivity index (χ2v) is 5.32. The third-order valence-corrected chi connectivity index (χ3v) is 3.76. The molecular formula is C16H23N3O. The standard InChI is InChI=1S/C16H23N3O/c1-13(14-5-3-2-4-6-14)11-19(12-16(17)20)15-7-9-18-10-8-15/h2-6,15,18H,1,7-12H2,(H2,17,20). The first kappa shape index (κ1) is 14.8. The summed E-state index contributed by atoms with van der Waals surface area (Å²) in [7, 11) is 0. The van der Waals surface area contributed by atoms with Crippen molar-refractivity contribution in [3.63, 3.8) is 0 Å². The van der Waals surface area contributed by atoms with Crippen LogP contribution in [0, 0.1) is 0 Å². The van der Waals surface area contributed by atoms with E-state index in [1.165, 1.54) is 0 Å². The largest absolute Gasteiger partial charge is 0.369 e. The Hall–Kier alpha value is -1.65. The molecule has 0 bridgehead atoms. The van der Waals surface area contributed by atoms with E-state index in [0.717, 1.165) is 37.1 Å². The number of rotatable bonds is 6. The Morgan fingerprint density at radius 2 is 1.90 bits per heavy atom. The fourth-order valence-electron chi connectivity index (χ4n) is 2.70. The third kappa shape index (κ3) is 4.18. The molecule has 1 aliphatic heterocycles. The van der Waals surface area contributed by atoms with Gasteiger partial charge in [-0.3, -0.25) is 9.69 Å². The van der Waals surface area contributed by atoms with Crippen LogP contribution in [0.4, 0.5) is 0 Å². The van der Waals surface area contributed by atoms with Crippen molar-refractivity contribution in [3.05, 3.63) is 42.5 Å². The maximum atomic E-state index is 11.3. The number of benzene rings is 1. The molecule has 2 rings (SSSR count). The van der Waals surface area contributed by atoms with Gasteiger partial charge in [-0.2, -0.15) is 0 Å². The lowest BCUT2D eigenvalue weighted by molar-refractivity contribution is -0.119. The number of nitrogens with two attached hydrogens (primary N) is 1. The van der Waals surface area contributed by atoms with Crippen molar-refractivity contribution in [1.82, 2.24) is 10.2 Å². The molecule has 0 radical (unpaired) electrons. The van der Waals surface area contributed by atoms with Crippen LogP contribution in [0.1, 0.15) is 18.4 Å². The molecule has 1 heterocycles. The maximum absolute atomic E-state index is 11.3. The van der Waals surface area contributed by atoms with Crippen LogP contribution >= 0.6 is 0 Å². The molecule has 0 atom stereocenters. The second-order valence-electron chi connectivity index (χ2n) is 5.32. The Labute approximate surface area is 120 Å². The van der Waals surface area contributed by atoms with Crippen LogP contribution in [-0.4, -0.2) is 43.0 Å². The van der Waals surface area contributed by atoms with Crippen molar-refractivity contribution in [2.75, 3.05) is 26.2 Å². The van der Waals surface area contributed by atoms with Crippen molar-refractivity contribution in [1.29, 1.82) is 0 Å². The molecule has 1 aromatic carbocycles. The number of hydrogen-bond donors (Lipinski definition) is 2. The average molecular weight is 273 g/mol. The van der Waals surface area contributed by atoms with E-state index in [1.807, 2.05) is 30.3 Å². The Morgan fingerprint density at radius 3 is 2.50 bits per heavy atom. The summed E-state index contributed by atoms with van der Waals surface area (Å²) in [6.45, 7) is 7.15. The predicted octanol–water partition coefficient (Wildman–Crippen LogP) is 1.24. The van der Waals surface area contributed by atoms with Crippen molar-refractivity contribution >= 4 is 11.5 Å².